The molecule has 17 heavy (non-hydrogen) atoms. The summed E-state index contributed by atoms with van der Waals surface area (Å²) in [4.78, 5) is 1.25. The third-order valence-corrected chi connectivity index (χ3v) is 2.13. The van der Waals surface area contributed by atoms with Crippen LogP contribution in [0.4, 0.5) is 13.2 Å². The number of aryl methyl sites for hydroxylation is 1. The van der Waals surface area contributed by atoms with Crippen molar-refractivity contribution in [2.45, 2.75) is 19.6 Å². The Labute approximate surface area is 95.1 Å². The van der Waals surface area contributed by atoms with E-state index in [0.717, 1.165) is 12.1 Å². The zero-order valence-electron chi connectivity index (χ0n) is 8.94. The van der Waals surface area contributed by atoms with Crippen molar-refractivity contribution in [1.29, 1.82) is 0 Å². The van der Waals surface area contributed by atoms with Gasteiger partial charge in [-0.05, 0) is 29.8 Å². The SMILES string of the molecule is Cc1nnn(Cc2cccc(C(F)(F)F)c2)n1. The van der Waals surface area contributed by atoms with E-state index in [-0.39, 0.29) is 6.54 Å². The first-order chi connectivity index (χ1) is 7.95. The Morgan fingerprint density at radius 3 is 2.65 bits per heavy atom. The van der Waals surface area contributed by atoms with Crippen molar-refractivity contribution < 1.29 is 13.2 Å². The number of tetrazole rings is 1. The van der Waals surface area contributed by atoms with Gasteiger partial charge in [-0.15, -0.1) is 10.2 Å². The minimum atomic E-state index is -4.33. The highest BCUT2D eigenvalue weighted by Crippen LogP contribution is 2.29. The van der Waals surface area contributed by atoms with Gasteiger partial charge in [0.15, 0.2) is 5.82 Å². The molecule has 0 spiro atoms. The Kier molecular flexibility index (Phi) is 2.83. The van der Waals surface area contributed by atoms with Gasteiger partial charge in [-0.25, -0.2) is 0 Å². The van der Waals surface area contributed by atoms with Gasteiger partial charge in [0.1, 0.15) is 0 Å². The lowest BCUT2D eigenvalue weighted by atomic mass is 10.1. The molecule has 2 aromatic rings. The van der Waals surface area contributed by atoms with Crippen molar-refractivity contribution in [3.8, 4) is 0 Å². The second kappa shape index (κ2) is 4.15. The Morgan fingerprint density at radius 1 is 1.29 bits per heavy atom. The highest BCUT2D eigenvalue weighted by Gasteiger charge is 2.30. The lowest BCUT2D eigenvalue weighted by Gasteiger charge is -2.07. The van der Waals surface area contributed by atoms with E-state index in [2.05, 4.69) is 15.4 Å². The van der Waals surface area contributed by atoms with E-state index < -0.39 is 11.7 Å². The molecule has 1 aromatic heterocycles. The molecule has 0 aliphatic carbocycles. The first-order valence-corrected chi connectivity index (χ1v) is 4.86. The zero-order chi connectivity index (χ0) is 12.5. The number of benzene rings is 1. The second-order valence-electron chi connectivity index (χ2n) is 3.57. The molecular formula is C10H9F3N4. The van der Waals surface area contributed by atoms with Crippen molar-refractivity contribution in [2.24, 2.45) is 0 Å². The maximum atomic E-state index is 12.5. The molecular weight excluding hydrogens is 233 g/mol. The van der Waals surface area contributed by atoms with Crippen molar-refractivity contribution in [3.63, 3.8) is 0 Å². The van der Waals surface area contributed by atoms with Gasteiger partial charge in [-0.1, -0.05) is 12.1 Å². The number of alkyl halides is 3. The zero-order valence-corrected chi connectivity index (χ0v) is 8.94. The fourth-order valence-corrected chi connectivity index (χ4v) is 1.40. The molecule has 0 amide bonds. The molecule has 7 heteroatoms. The number of hydrogen-bond acceptors (Lipinski definition) is 3. The van der Waals surface area contributed by atoms with Crippen molar-refractivity contribution >= 4 is 0 Å². The summed E-state index contributed by atoms with van der Waals surface area (Å²) in [6.45, 7) is 1.83. The van der Waals surface area contributed by atoms with Crippen LogP contribution in [0.5, 0.6) is 0 Å². The molecule has 2 rings (SSSR count). The first-order valence-electron chi connectivity index (χ1n) is 4.86. The minimum Gasteiger partial charge on any atom is -0.166 e. The monoisotopic (exact) mass is 242 g/mol. The second-order valence-corrected chi connectivity index (χ2v) is 3.57. The molecule has 4 nitrogen and oxygen atoms in total. The van der Waals surface area contributed by atoms with E-state index in [9.17, 15) is 13.2 Å². The molecule has 0 bridgehead atoms. The summed E-state index contributed by atoms with van der Waals surface area (Å²) in [5.41, 5.74) is -0.191. The van der Waals surface area contributed by atoms with Crippen LogP contribution in [0.25, 0.3) is 0 Å². The van der Waals surface area contributed by atoms with Gasteiger partial charge < -0.3 is 0 Å². The molecule has 0 saturated carbocycles. The summed E-state index contributed by atoms with van der Waals surface area (Å²) in [7, 11) is 0. The largest absolute Gasteiger partial charge is 0.416 e. The molecule has 0 N–H and O–H groups in total. The molecule has 90 valence electrons. The first kappa shape index (κ1) is 11.6. The van der Waals surface area contributed by atoms with Crippen LogP contribution in [-0.4, -0.2) is 20.2 Å². The lowest BCUT2D eigenvalue weighted by Crippen LogP contribution is -2.08. The highest BCUT2D eigenvalue weighted by atomic mass is 19.4. The summed E-state index contributed by atoms with van der Waals surface area (Å²) >= 11 is 0. The Balaban J connectivity index is 2.22. The van der Waals surface area contributed by atoms with Crippen LogP contribution in [0.15, 0.2) is 24.3 Å². The van der Waals surface area contributed by atoms with Crippen LogP contribution in [0, 0.1) is 6.92 Å². The number of nitrogens with zero attached hydrogens (tertiary/aromatic N) is 4. The Hall–Kier alpha value is -1.92. The summed E-state index contributed by atoms with van der Waals surface area (Å²) in [6.07, 6.45) is -4.33. The molecule has 0 fully saturated rings. The van der Waals surface area contributed by atoms with E-state index in [1.807, 2.05) is 0 Å². The number of rotatable bonds is 2. The fraction of sp³-hybridized carbons (Fsp3) is 0.300. The normalized spacial score (nSPS) is 11.8. The van der Waals surface area contributed by atoms with Crippen molar-refractivity contribution in [2.75, 3.05) is 0 Å². The van der Waals surface area contributed by atoms with E-state index in [1.54, 1.807) is 13.0 Å². The quantitative estimate of drug-likeness (QED) is 0.809. The molecule has 0 atom stereocenters. The van der Waals surface area contributed by atoms with Gasteiger partial charge >= 0.3 is 6.18 Å². The highest BCUT2D eigenvalue weighted by molar-refractivity contribution is 5.25. The van der Waals surface area contributed by atoms with Crippen LogP contribution in [0.2, 0.25) is 0 Å². The van der Waals surface area contributed by atoms with Crippen LogP contribution >= 0.6 is 0 Å². The minimum absolute atomic E-state index is 0.171. The van der Waals surface area contributed by atoms with Gasteiger partial charge in [0.2, 0.25) is 0 Å². The standard InChI is InChI=1S/C10H9F3N4/c1-7-14-16-17(15-7)6-8-3-2-4-9(5-8)10(11,12)13/h2-5H,6H2,1H3. The third-order valence-electron chi connectivity index (χ3n) is 2.13. The number of aromatic nitrogens is 4. The van der Waals surface area contributed by atoms with E-state index in [1.165, 1.54) is 10.9 Å². The maximum Gasteiger partial charge on any atom is 0.416 e. The van der Waals surface area contributed by atoms with Crippen molar-refractivity contribution in [3.05, 3.63) is 41.2 Å². The molecule has 0 unspecified atom stereocenters. The molecule has 0 saturated heterocycles. The molecule has 0 aliphatic heterocycles. The topological polar surface area (TPSA) is 43.6 Å². The summed E-state index contributed by atoms with van der Waals surface area (Å²) < 4.78 is 37.4. The average molecular weight is 242 g/mol. The molecule has 0 radical (unpaired) electrons. The number of hydrogen-bond donors (Lipinski definition) is 0. The van der Waals surface area contributed by atoms with Gasteiger partial charge in [-0.3, -0.25) is 0 Å². The molecule has 1 aromatic carbocycles. The fourth-order valence-electron chi connectivity index (χ4n) is 1.40. The van der Waals surface area contributed by atoms with Gasteiger partial charge in [0, 0.05) is 0 Å². The van der Waals surface area contributed by atoms with Crippen LogP contribution in [0.3, 0.4) is 0 Å². The lowest BCUT2D eigenvalue weighted by molar-refractivity contribution is -0.137. The van der Waals surface area contributed by atoms with Gasteiger partial charge in [-0.2, -0.15) is 18.0 Å². The number of halogens is 3. The van der Waals surface area contributed by atoms with E-state index in [0.29, 0.717) is 11.4 Å². The van der Waals surface area contributed by atoms with Crippen LogP contribution in [-0.2, 0) is 12.7 Å². The predicted octanol–water partition coefficient (Wildman–Crippen LogP) is 2.05. The van der Waals surface area contributed by atoms with Gasteiger partial charge in [0.05, 0.1) is 12.1 Å². The van der Waals surface area contributed by atoms with Crippen molar-refractivity contribution in [1.82, 2.24) is 20.2 Å². The summed E-state index contributed by atoms with van der Waals surface area (Å²) in [5.74, 6) is 0.483. The van der Waals surface area contributed by atoms with E-state index in [4.69, 9.17) is 0 Å². The van der Waals surface area contributed by atoms with Crippen LogP contribution < -0.4 is 0 Å². The summed E-state index contributed by atoms with van der Waals surface area (Å²) in [5, 5.41) is 11.3. The van der Waals surface area contributed by atoms with E-state index >= 15 is 0 Å². The predicted molar refractivity (Wildman–Crippen MR) is 53.1 cm³/mol. The van der Waals surface area contributed by atoms with Crippen LogP contribution in [0.1, 0.15) is 17.0 Å². The Bertz CT molecular complexity index is 518. The molecule has 0 aliphatic rings. The maximum absolute atomic E-state index is 12.5. The average Bonchev–Trinajstić information content (AvgIpc) is 2.63. The summed E-state index contributed by atoms with van der Waals surface area (Å²) in [6, 6.07) is 5.07. The Morgan fingerprint density at radius 2 is 2.06 bits per heavy atom. The van der Waals surface area contributed by atoms with Gasteiger partial charge in [0.25, 0.3) is 0 Å². The third kappa shape index (κ3) is 2.80. The molecule has 1 heterocycles. The smallest absolute Gasteiger partial charge is 0.166 e.